The number of imidazole rings is 1. The van der Waals surface area contributed by atoms with Crippen LogP contribution in [0, 0.1) is 0 Å². The number of hydrogen-bond acceptors (Lipinski definition) is 7. The molecule has 1 unspecified atom stereocenters. The predicted octanol–water partition coefficient (Wildman–Crippen LogP) is 5.00. The highest BCUT2D eigenvalue weighted by Gasteiger charge is 2.26. The number of pyridine rings is 2. The van der Waals surface area contributed by atoms with Crippen molar-refractivity contribution in [2.75, 3.05) is 13.2 Å². The minimum Gasteiger partial charge on any atom is -0.424 e. The van der Waals surface area contributed by atoms with Crippen molar-refractivity contribution in [3.8, 4) is 23.0 Å². The van der Waals surface area contributed by atoms with E-state index in [0.29, 0.717) is 39.9 Å². The molecule has 0 saturated carbocycles. The summed E-state index contributed by atoms with van der Waals surface area (Å²) in [5, 5.41) is 12.7. The maximum atomic E-state index is 11.9. The summed E-state index contributed by atoms with van der Waals surface area (Å²) in [6, 6.07) is 13.7. The maximum Gasteiger partial charge on any atom is 0.301 e. The van der Waals surface area contributed by atoms with Gasteiger partial charge in [0.1, 0.15) is 11.9 Å². The molecule has 196 valence electrons. The number of aromatic amines is 1. The van der Waals surface area contributed by atoms with Crippen LogP contribution in [0.4, 0.5) is 0 Å². The number of rotatable bonds is 7. The van der Waals surface area contributed by atoms with Gasteiger partial charge >= 0.3 is 6.01 Å². The number of halogens is 1. The molecule has 1 aromatic carbocycles. The van der Waals surface area contributed by atoms with Crippen molar-refractivity contribution in [3.63, 3.8) is 0 Å². The summed E-state index contributed by atoms with van der Waals surface area (Å²) < 4.78 is 11.3. The van der Waals surface area contributed by atoms with Gasteiger partial charge in [-0.05, 0) is 56.5 Å². The van der Waals surface area contributed by atoms with E-state index in [2.05, 4.69) is 43.5 Å². The molecule has 0 saturated heterocycles. The Hall–Kier alpha value is -3.79. The van der Waals surface area contributed by atoms with Crippen LogP contribution in [0.2, 0.25) is 5.02 Å². The fourth-order valence-corrected chi connectivity index (χ4v) is 4.44. The molecule has 0 radical (unpaired) electrons. The zero-order valence-corrected chi connectivity index (χ0v) is 22.0. The Labute approximate surface area is 224 Å². The van der Waals surface area contributed by atoms with Crippen LogP contribution in [-0.2, 0) is 15.1 Å². The van der Waals surface area contributed by atoms with Gasteiger partial charge in [-0.1, -0.05) is 41.9 Å². The Morgan fingerprint density at radius 1 is 1.18 bits per heavy atom. The number of aromatic nitrogens is 4. The van der Waals surface area contributed by atoms with E-state index < -0.39 is 17.6 Å². The van der Waals surface area contributed by atoms with Crippen molar-refractivity contribution >= 4 is 34.2 Å². The molecule has 10 heteroatoms. The minimum absolute atomic E-state index is 0.249. The normalized spacial score (nSPS) is 14.7. The fraction of sp³-hybridized carbons (Fsp3) is 0.286. The Bertz CT molecular complexity index is 1490. The highest BCUT2D eigenvalue weighted by Crippen LogP contribution is 2.32. The van der Waals surface area contributed by atoms with Gasteiger partial charge in [-0.25, -0.2) is 4.98 Å². The SMILES string of the molecule is CC(O)C(=O)NC(C)(C)c1ccc(Oc2nc3nc(-c4ccc(C5=CCOCC5)cc4)c(Cl)cc3[nH]2)cn1. The second-order valence-electron chi connectivity index (χ2n) is 9.63. The average molecular weight is 534 g/mol. The zero-order valence-electron chi connectivity index (χ0n) is 21.3. The van der Waals surface area contributed by atoms with E-state index in [4.69, 9.17) is 21.1 Å². The topological polar surface area (TPSA) is 122 Å². The molecule has 4 aromatic rings. The van der Waals surface area contributed by atoms with E-state index in [1.807, 2.05) is 12.1 Å². The van der Waals surface area contributed by atoms with Crippen LogP contribution in [0.3, 0.4) is 0 Å². The number of ether oxygens (including phenoxy) is 2. The summed E-state index contributed by atoms with van der Waals surface area (Å²) in [6.07, 6.45) is 3.44. The Balaban J connectivity index is 1.33. The van der Waals surface area contributed by atoms with Crippen LogP contribution in [-0.4, -0.2) is 50.3 Å². The number of nitrogens with one attached hydrogen (secondary N) is 2. The molecule has 1 aliphatic rings. The summed E-state index contributed by atoms with van der Waals surface area (Å²) in [7, 11) is 0. The maximum absolute atomic E-state index is 11.9. The summed E-state index contributed by atoms with van der Waals surface area (Å²) in [4.78, 5) is 28.5. The number of benzene rings is 1. The zero-order chi connectivity index (χ0) is 26.9. The third kappa shape index (κ3) is 5.55. The second kappa shape index (κ2) is 10.5. The lowest BCUT2D eigenvalue weighted by Crippen LogP contribution is -2.45. The monoisotopic (exact) mass is 533 g/mol. The third-order valence-electron chi connectivity index (χ3n) is 6.30. The van der Waals surface area contributed by atoms with Gasteiger partial charge in [0.15, 0.2) is 5.65 Å². The van der Waals surface area contributed by atoms with Crippen molar-refractivity contribution in [2.45, 2.75) is 38.8 Å². The lowest BCUT2D eigenvalue weighted by Gasteiger charge is -2.26. The number of aliphatic hydroxyl groups excluding tert-OH is 1. The summed E-state index contributed by atoms with van der Waals surface area (Å²) >= 11 is 6.58. The number of nitrogens with zero attached hydrogens (tertiary/aromatic N) is 3. The number of carbonyl (C=O) groups is 1. The quantitative estimate of drug-likeness (QED) is 0.305. The number of fused-ring (bicyclic) bond motifs is 1. The average Bonchev–Trinajstić information content (AvgIpc) is 3.29. The molecule has 0 fully saturated rings. The van der Waals surface area contributed by atoms with E-state index in [1.54, 1.807) is 38.2 Å². The van der Waals surface area contributed by atoms with Crippen LogP contribution in [0.25, 0.3) is 28.0 Å². The van der Waals surface area contributed by atoms with Crippen molar-refractivity contribution < 1.29 is 19.4 Å². The van der Waals surface area contributed by atoms with Crippen molar-refractivity contribution in [1.82, 2.24) is 25.3 Å². The highest BCUT2D eigenvalue weighted by atomic mass is 35.5. The number of hydrogen-bond donors (Lipinski definition) is 3. The predicted molar refractivity (Wildman–Crippen MR) is 145 cm³/mol. The van der Waals surface area contributed by atoms with Gasteiger partial charge < -0.3 is 24.9 Å². The number of amides is 1. The van der Waals surface area contributed by atoms with E-state index in [1.165, 1.54) is 12.5 Å². The molecular weight excluding hydrogens is 506 g/mol. The molecule has 1 amide bonds. The van der Waals surface area contributed by atoms with Crippen molar-refractivity contribution in [2.24, 2.45) is 0 Å². The number of H-pyrrole nitrogens is 1. The minimum atomic E-state index is -1.11. The highest BCUT2D eigenvalue weighted by molar-refractivity contribution is 6.33. The molecule has 1 aliphatic heterocycles. The first-order valence-electron chi connectivity index (χ1n) is 12.3. The van der Waals surface area contributed by atoms with Gasteiger partial charge in [0.05, 0.1) is 46.9 Å². The van der Waals surface area contributed by atoms with Crippen LogP contribution in [0.5, 0.6) is 11.8 Å². The molecule has 3 N–H and O–H groups in total. The first-order valence-corrected chi connectivity index (χ1v) is 12.7. The third-order valence-corrected chi connectivity index (χ3v) is 6.59. The number of carbonyl (C=O) groups excluding carboxylic acids is 1. The molecule has 0 spiro atoms. The van der Waals surface area contributed by atoms with Gasteiger partial charge in [-0.3, -0.25) is 9.78 Å². The summed E-state index contributed by atoms with van der Waals surface area (Å²) in [5.74, 6) is -0.0209. The molecule has 38 heavy (non-hydrogen) atoms. The molecule has 9 nitrogen and oxygen atoms in total. The molecule has 5 rings (SSSR count). The molecule has 0 aliphatic carbocycles. The first kappa shape index (κ1) is 25.8. The van der Waals surface area contributed by atoms with Crippen molar-refractivity contribution in [1.29, 1.82) is 0 Å². The standard InChI is InChI=1S/C28H28ClN5O4/c1-16(35)26(36)34-28(2,3)23-9-8-20(15-30-23)38-27-31-22-14-21(29)24(32-25(22)33-27)19-6-4-17(5-7-19)18-10-12-37-13-11-18/h4-10,14-16,35H,11-13H2,1-3H3,(H,34,36)(H,31,32,33). The van der Waals surface area contributed by atoms with Gasteiger partial charge in [0, 0.05) is 5.56 Å². The van der Waals surface area contributed by atoms with Gasteiger partial charge in [-0.2, -0.15) is 4.98 Å². The van der Waals surface area contributed by atoms with Gasteiger partial charge in [0.25, 0.3) is 0 Å². The fourth-order valence-electron chi connectivity index (χ4n) is 4.18. The lowest BCUT2D eigenvalue weighted by atomic mass is 9.99. The van der Waals surface area contributed by atoms with Gasteiger partial charge in [0.2, 0.25) is 5.91 Å². The largest absolute Gasteiger partial charge is 0.424 e. The van der Waals surface area contributed by atoms with E-state index >= 15 is 0 Å². The molecule has 4 heterocycles. The van der Waals surface area contributed by atoms with Crippen LogP contribution in [0.15, 0.2) is 54.7 Å². The van der Waals surface area contributed by atoms with Crippen LogP contribution in [0.1, 0.15) is 38.4 Å². The van der Waals surface area contributed by atoms with Crippen LogP contribution >= 0.6 is 11.6 Å². The molecular formula is C28H28ClN5O4. The smallest absolute Gasteiger partial charge is 0.301 e. The Morgan fingerprint density at radius 3 is 2.61 bits per heavy atom. The van der Waals surface area contributed by atoms with E-state index in [9.17, 15) is 9.90 Å². The van der Waals surface area contributed by atoms with E-state index in [-0.39, 0.29) is 6.01 Å². The Morgan fingerprint density at radius 2 is 1.95 bits per heavy atom. The second-order valence-corrected chi connectivity index (χ2v) is 10.0. The molecule has 0 bridgehead atoms. The first-order chi connectivity index (χ1) is 18.2. The van der Waals surface area contributed by atoms with Gasteiger partial charge in [-0.15, -0.1) is 0 Å². The molecule has 1 atom stereocenters. The van der Waals surface area contributed by atoms with Crippen molar-refractivity contribution in [3.05, 3.63) is 71.0 Å². The summed E-state index contributed by atoms with van der Waals surface area (Å²) in [6.45, 7) is 6.40. The van der Waals surface area contributed by atoms with E-state index in [0.717, 1.165) is 24.2 Å². The Kier molecular flexibility index (Phi) is 7.16. The summed E-state index contributed by atoms with van der Waals surface area (Å²) in [5.41, 5.74) is 4.93. The van der Waals surface area contributed by atoms with Crippen LogP contribution < -0.4 is 10.1 Å². The molecule has 3 aromatic heterocycles. The lowest BCUT2D eigenvalue weighted by molar-refractivity contribution is -0.130. The number of aliphatic hydroxyl groups is 1.